The highest BCUT2D eigenvalue weighted by Crippen LogP contribution is 2.35. The molecule has 1 aromatic heterocycles. The number of hydrogen-bond donors (Lipinski definition) is 0. The number of nitrogens with zero attached hydrogens (tertiary/aromatic N) is 4. The number of aromatic nitrogens is 3. The fourth-order valence-corrected chi connectivity index (χ4v) is 3.05. The highest BCUT2D eigenvalue weighted by molar-refractivity contribution is 6.40. The van der Waals surface area contributed by atoms with Crippen molar-refractivity contribution in [2.24, 2.45) is 0 Å². The number of halogens is 3. The quantitative estimate of drug-likeness (QED) is 0.840. The van der Waals surface area contributed by atoms with Crippen LogP contribution in [0.5, 0.6) is 5.75 Å². The van der Waals surface area contributed by atoms with Gasteiger partial charge in [0.05, 0.1) is 16.1 Å². The van der Waals surface area contributed by atoms with Gasteiger partial charge in [0.2, 0.25) is 0 Å². The number of carbonyl (C=O) groups excluding carboxylic acids is 1. The molecule has 1 aromatic carbocycles. The standard InChI is InChI=1S/C13H11Cl3N4O2/c14-8-1-10(15)13(11(16)2-8)22-5-12(21)19-3-9(4-19)20-7-17-6-18-20/h1-2,6-7,9H,3-5H2. The van der Waals surface area contributed by atoms with Gasteiger partial charge in [0.15, 0.2) is 12.4 Å². The Bertz CT molecular complexity index is 664. The summed E-state index contributed by atoms with van der Waals surface area (Å²) in [5, 5.41) is 5.00. The van der Waals surface area contributed by atoms with Crippen molar-refractivity contribution in [3.63, 3.8) is 0 Å². The molecule has 6 nitrogen and oxygen atoms in total. The fourth-order valence-electron chi connectivity index (χ4n) is 2.12. The Morgan fingerprint density at radius 2 is 1.95 bits per heavy atom. The summed E-state index contributed by atoms with van der Waals surface area (Å²) in [7, 11) is 0. The molecule has 1 saturated heterocycles. The zero-order chi connectivity index (χ0) is 15.7. The Kier molecular flexibility index (Phi) is 4.42. The number of hydrogen-bond acceptors (Lipinski definition) is 4. The molecule has 0 N–H and O–H groups in total. The number of benzene rings is 1. The molecule has 1 amide bonds. The zero-order valence-electron chi connectivity index (χ0n) is 11.2. The van der Waals surface area contributed by atoms with Crippen molar-refractivity contribution in [3.8, 4) is 5.75 Å². The topological polar surface area (TPSA) is 60.2 Å². The second kappa shape index (κ2) is 6.32. The van der Waals surface area contributed by atoms with Crippen LogP contribution in [0.15, 0.2) is 24.8 Å². The highest BCUT2D eigenvalue weighted by Gasteiger charge is 2.32. The monoisotopic (exact) mass is 360 g/mol. The first kappa shape index (κ1) is 15.4. The van der Waals surface area contributed by atoms with E-state index in [0.29, 0.717) is 18.1 Å². The second-order valence-electron chi connectivity index (χ2n) is 4.82. The summed E-state index contributed by atoms with van der Waals surface area (Å²) in [4.78, 5) is 17.6. The molecule has 1 fully saturated rings. The van der Waals surface area contributed by atoms with Crippen molar-refractivity contribution < 1.29 is 9.53 Å². The lowest BCUT2D eigenvalue weighted by atomic mass is 10.1. The molecule has 2 aromatic rings. The summed E-state index contributed by atoms with van der Waals surface area (Å²) in [6.07, 6.45) is 3.11. The molecule has 0 aliphatic carbocycles. The zero-order valence-corrected chi connectivity index (χ0v) is 13.5. The van der Waals surface area contributed by atoms with Gasteiger partial charge < -0.3 is 9.64 Å². The number of amides is 1. The first-order valence-electron chi connectivity index (χ1n) is 6.44. The molecule has 1 aliphatic rings. The maximum atomic E-state index is 12.0. The summed E-state index contributed by atoms with van der Waals surface area (Å²) in [6.45, 7) is 1.02. The molecule has 0 atom stereocenters. The minimum absolute atomic E-state index is 0.134. The molecule has 1 aliphatic heterocycles. The smallest absolute Gasteiger partial charge is 0.260 e. The van der Waals surface area contributed by atoms with Gasteiger partial charge in [-0.05, 0) is 12.1 Å². The average Bonchev–Trinajstić information content (AvgIpc) is 2.89. The van der Waals surface area contributed by atoms with E-state index >= 15 is 0 Å². The van der Waals surface area contributed by atoms with Gasteiger partial charge >= 0.3 is 0 Å². The first-order valence-corrected chi connectivity index (χ1v) is 7.57. The van der Waals surface area contributed by atoms with Crippen LogP contribution < -0.4 is 4.74 Å². The molecule has 0 bridgehead atoms. The SMILES string of the molecule is O=C(COc1c(Cl)cc(Cl)cc1Cl)N1CC(n2cncn2)C1. The lowest BCUT2D eigenvalue weighted by Crippen LogP contribution is -2.52. The van der Waals surface area contributed by atoms with E-state index in [0.717, 1.165) is 0 Å². The van der Waals surface area contributed by atoms with Crippen molar-refractivity contribution in [1.29, 1.82) is 0 Å². The van der Waals surface area contributed by atoms with Gasteiger partial charge in [-0.2, -0.15) is 5.10 Å². The third kappa shape index (κ3) is 3.14. The largest absolute Gasteiger partial charge is 0.481 e. The molecule has 0 unspecified atom stereocenters. The number of rotatable bonds is 4. The summed E-state index contributed by atoms with van der Waals surface area (Å²) >= 11 is 17.8. The van der Waals surface area contributed by atoms with Crippen LogP contribution in [-0.4, -0.2) is 45.3 Å². The Labute approximate surface area is 141 Å². The van der Waals surface area contributed by atoms with Crippen molar-refractivity contribution in [2.75, 3.05) is 19.7 Å². The molecule has 9 heteroatoms. The fraction of sp³-hybridized carbons (Fsp3) is 0.308. The molecule has 22 heavy (non-hydrogen) atoms. The summed E-state index contributed by atoms with van der Waals surface area (Å²) < 4.78 is 7.15. The van der Waals surface area contributed by atoms with Crippen molar-refractivity contribution in [2.45, 2.75) is 6.04 Å². The Hall–Kier alpha value is -1.50. The Morgan fingerprint density at radius 1 is 1.27 bits per heavy atom. The van der Waals surface area contributed by atoms with Crippen molar-refractivity contribution >= 4 is 40.7 Å². The van der Waals surface area contributed by atoms with Crippen LogP contribution in [0, 0.1) is 0 Å². The lowest BCUT2D eigenvalue weighted by molar-refractivity contribution is -0.139. The molecule has 2 heterocycles. The number of likely N-dealkylation sites (tertiary alicyclic amines) is 1. The van der Waals surface area contributed by atoms with E-state index in [-0.39, 0.29) is 34.4 Å². The minimum atomic E-state index is -0.140. The van der Waals surface area contributed by atoms with Crippen LogP contribution in [0.2, 0.25) is 15.1 Å². The van der Waals surface area contributed by atoms with Crippen LogP contribution >= 0.6 is 34.8 Å². The Morgan fingerprint density at radius 3 is 2.55 bits per heavy atom. The van der Waals surface area contributed by atoms with E-state index in [9.17, 15) is 4.79 Å². The van der Waals surface area contributed by atoms with E-state index in [1.165, 1.54) is 18.5 Å². The summed E-state index contributed by atoms with van der Waals surface area (Å²) in [5.41, 5.74) is 0. The van der Waals surface area contributed by atoms with Gasteiger partial charge in [0.1, 0.15) is 12.7 Å². The lowest BCUT2D eigenvalue weighted by Gasteiger charge is -2.38. The van der Waals surface area contributed by atoms with Crippen molar-refractivity contribution in [3.05, 3.63) is 39.9 Å². The van der Waals surface area contributed by atoms with Gasteiger partial charge in [-0.3, -0.25) is 4.79 Å². The normalized spacial score (nSPS) is 14.8. The predicted octanol–water partition coefficient (Wildman–Crippen LogP) is 2.70. The molecule has 116 valence electrons. The summed E-state index contributed by atoms with van der Waals surface area (Å²) in [6, 6.07) is 3.19. The van der Waals surface area contributed by atoms with Gasteiger partial charge in [-0.15, -0.1) is 0 Å². The molecule has 0 radical (unpaired) electrons. The average molecular weight is 362 g/mol. The first-order chi connectivity index (χ1) is 10.5. The van der Waals surface area contributed by atoms with Crippen LogP contribution in [0.1, 0.15) is 6.04 Å². The predicted molar refractivity (Wildman–Crippen MR) is 82.6 cm³/mol. The third-order valence-corrected chi connectivity index (χ3v) is 4.11. The van der Waals surface area contributed by atoms with E-state index in [4.69, 9.17) is 39.5 Å². The van der Waals surface area contributed by atoms with E-state index in [1.807, 2.05) is 0 Å². The van der Waals surface area contributed by atoms with Crippen LogP contribution in [0.4, 0.5) is 0 Å². The minimum Gasteiger partial charge on any atom is -0.481 e. The highest BCUT2D eigenvalue weighted by atomic mass is 35.5. The molecule has 0 spiro atoms. The summed E-state index contributed by atoms with van der Waals surface area (Å²) in [5.74, 6) is 0.118. The molecule has 0 saturated carbocycles. The van der Waals surface area contributed by atoms with Gasteiger partial charge in [-0.25, -0.2) is 9.67 Å². The maximum Gasteiger partial charge on any atom is 0.260 e. The van der Waals surface area contributed by atoms with E-state index < -0.39 is 0 Å². The molecular formula is C13H11Cl3N4O2. The van der Waals surface area contributed by atoms with Crippen LogP contribution in [0.3, 0.4) is 0 Å². The van der Waals surface area contributed by atoms with Gasteiger partial charge in [-0.1, -0.05) is 34.8 Å². The van der Waals surface area contributed by atoms with Gasteiger partial charge in [0, 0.05) is 18.1 Å². The maximum absolute atomic E-state index is 12.0. The third-order valence-electron chi connectivity index (χ3n) is 3.33. The Balaban J connectivity index is 1.54. The van der Waals surface area contributed by atoms with E-state index in [1.54, 1.807) is 15.9 Å². The molecule has 3 rings (SSSR count). The second-order valence-corrected chi connectivity index (χ2v) is 6.07. The number of carbonyl (C=O) groups is 1. The van der Waals surface area contributed by atoms with Gasteiger partial charge in [0.25, 0.3) is 5.91 Å². The van der Waals surface area contributed by atoms with Crippen molar-refractivity contribution in [1.82, 2.24) is 19.7 Å². The number of ether oxygens (including phenoxy) is 1. The molecular weight excluding hydrogens is 351 g/mol. The van der Waals surface area contributed by atoms with Crippen LogP contribution in [0.25, 0.3) is 0 Å². The van der Waals surface area contributed by atoms with Crippen LogP contribution in [-0.2, 0) is 4.79 Å². The van der Waals surface area contributed by atoms with E-state index in [2.05, 4.69) is 10.1 Å².